The van der Waals surface area contributed by atoms with Crippen molar-refractivity contribution in [3.63, 3.8) is 0 Å². The summed E-state index contributed by atoms with van der Waals surface area (Å²) in [5.74, 6) is 0.172. The number of aliphatic hydroxyl groups is 1. The third kappa shape index (κ3) is 5.30. The molecular weight excluding hydrogens is 532 g/mol. The fourth-order valence-corrected chi connectivity index (χ4v) is 6.21. The van der Waals surface area contributed by atoms with Crippen LogP contribution in [0.15, 0.2) is 58.7 Å². The van der Waals surface area contributed by atoms with E-state index in [0.717, 1.165) is 48.3 Å². The van der Waals surface area contributed by atoms with Gasteiger partial charge in [0.25, 0.3) is 11.8 Å². The molecule has 2 amide bonds. The Morgan fingerprint density at radius 1 is 1.07 bits per heavy atom. The first kappa shape index (κ1) is 28.1. The van der Waals surface area contributed by atoms with Gasteiger partial charge in [0.05, 0.1) is 29.0 Å². The average Bonchev–Trinajstić information content (AvgIpc) is 3.48. The van der Waals surface area contributed by atoms with Crippen LogP contribution in [0.3, 0.4) is 0 Å². The third-order valence-corrected chi connectivity index (χ3v) is 8.50. The number of benzene rings is 2. The van der Waals surface area contributed by atoms with Crippen molar-refractivity contribution in [3.05, 3.63) is 81.6 Å². The molecule has 0 saturated carbocycles. The largest absolute Gasteiger partial charge is 0.491 e. The van der Waals surface area contributed by atoms with E-state index in [9.17, 15) is 19.5 Å². The van der Waals surface area contributed by atoms with Gasteiger partial charge in [-0.3, -0.25) is 24.3 Å². The van der Waals surface area contributed by atoms with Crippen LogP contribution in [0.25, 0.3) is 0 Å². The Morgan fingerprint density at radius 2 is 1.81 bits per heavy atom. The standard InChI is InChI=1S/C33H36N4O5/c1-19-7-8-30(20(2)13-19)42-18-23(38)17-34-26-5-4-6-29(39)31(26)28-15-21-14-24-25(16-27(21)35-28)33(41)37(32(24)40)22-9-11-36(3)12-10-22/h4-5,7-8,13-14,16,22-23,35,38H,6,9-12,15,17-18H2,1-3H3/t23-/m0/s1. The SMILES string of the molecule is Cc1ccc(OC[C@@H](O)CN=C2C=CCC(=O)C2=C2Cc3cc4c(cc3N2)C(=O)N(C2CCN(C)CC2)C4=O)c(C)c1. The number of nitrogens with zero attached hydrogens (tertiary/aromatic N) is 3. The first-order valence-corrected chi connectivity index (χ1v) is 14.6. The molecule has 0 unspecified atom stereocenters. The van der Waals surface area contributed by atoms with Gasteiger partial charge in [-0.05, 0) is 82.2 Å². The number of rotatable bonds is 6. The Labute approximate surface area is 245 Å². The molecule has 0 aromatic heterocycles. The lowest BCUT2D eigenvalue weighted by molar-refractivity contribution is -0.114. The van der Waals surface area contributed by atoms with Crippen LogP contribution < -0.4 is 10.1 Å². The molecule has 3 heterocycles. The molecule has 1 atom stereocenters. The lowest BCUT2D eigenvalue weighted by Gasteiger charge is -2.33. The number of ether oxygens (including phenoxy) is 1. The predicted octanol–water partition coefficient (Wildman–Crippen LogP) is 3.63. The minimum atomic E-state index is -0.851. The maximum absolute atomic E-state index is 13.3. The van der Waals surface area contributed by atoms with Crippen LogP contribution in [0.1, 0.15) is 56.7 Å². The minimum Gasteiger partial charge on any atom is -0.491 e. The van der Waals surface area contributed by atoms with Gasteiger partial charge in [0, 0.05) is 30.3 Å². The number of hydrogen-bond donors (Lipinski definition) is 2. The summed E-state index contributed by atoms with van der Waals surface area (Å²) in [7, 11) is 2.05. The van der Waals surface area contributed by atoms with E-state index in [0.29, 0.717) is 40.3 Å². The molecule has 0 radical (unpaired) electrons. The lowest BCUT2D eigenvalue weighted by Crippen LogP contribution is -2.46. The first-order chi connectivity index (χ1) is 20.2. The predicted molar refractivity (Wildman–Crippen MR) is 160 cm³/mol. The summed E-state index contributed by atoms with van der Waals surface area (Å²) in [4.78, 5) is 48.0. The zero-order chi connectivity index (χ0) is 29.5. The highest BCUT2D eigenvalue weighted by molar-refractivity contribution is 6.29. The Morgan fingerprint density at radius 3 is 2.55 bits per heavy atom. The van der Waals surface area contributed by atoms with Gasteiger partial charge in [-0.2, -0.15) is 0 Å². The molecule has 9 nitrogen and oxygen atoms in total. The molecule has 42 heavy (non-hydrogen) atoms. The Balaban J connectivity index is 1.18. The number of amides is 2. The molecule has 0 spiro atoms. The second-order valence-corrected chi connectivity index (χ2v) is 11.7. The molecule has 0 bridgehead atoms. The summed E-state index contributed by atoms with van der Waals surface area (Å²) in [6.07, 6.45) is 4.96. The van der Waals surface area contributed by atoms with Crippen LogP contribution >= 0.6 is 0 Å². The summed E-state index contributed by atoms with van der Waals surface area (Å²) < 4.78 is 5.80. The fraction of sp³-hybridized carbons (Fsp3) is 0.394. The molecule has 4 aliphatic rings. The van der Waals surface area contributed by atoms with Crippen molar-refractivity contribution in [1.82, 2.24) is 9.80 Å². The van der Waals surface area contributed by atoms with Crippen LogP contribution in [-0.2, 0) is 11.2 Å². The van der Waals surface area contributed by atoms with E-state index in [4.69, 9.17) is 4.74 Å². The number of aryl methyl sites for hydroxylation is 2. The van der Waals surface area contributed by atoms with Crippen LogP contribution in [-0.4, -0.2) is 83.7 Å². The third-order valence-electron chi connectivity index (χ3n) is 8.50. The second-order valence-electron chi connectivity index (χ2n) is 11.7. The molecule has 6 rings (SSSR count). The highest BCUT2D eigenvalue weighted by Crippen LogP contribution is 2.38. The Bertz CT molecular complexity index is 1520. The Kier molecular flexibility index (Phi) is 7.55. The maximum Gasteiger partial charge on any atom is 0.261 e. The molecule has 9 heteroatoms. The lowest BCUT2D eigenvalue weighted by atomic mass is 9.94. The molecule has 2 N–H and O–H groups in total. The van der Waals surface area contributed by atoms with Crippen molar-refractivity contribution in [2.24, 2.45) is 4.99 Å². The van der Waals surface area contributed by atoms with Gasteiger partial charge in [-0.15, -0.1) is 0 Å². The maximum atomic E-state index is 13.3. The molecular formula is C33H36N4O5. The van der Waals surface area contributed by atoms with Crippen LogP contribution in [0, 0.1) is 13.8 Å². The normalized spacial score (nSPS) is 22.5. The number of Topliss-reactive ketones (excluding diaryl/α,β-unsaturated/α-hetero) is 1. The van der Waals surface area contributed by atoms with Crippen molar-refractivity contribution in [1.29, 1.82) is 0 Å². The van der Waals surface area contributed by atoms with Crippen molar-refractivity contribution in [2.45, 2.75) is 51.7 Å². The fourth-order valence-electron chi connectivity index (χ4n) is 6.21. The minimum absolute atomic E-state index is 0.0688. The molecule has 3 aliphatic heterocycles. The summed E-state index contributed by atoms with van der Waals surface area (Å²) in [6.45, 7) is 5.85. The van der Waals surface area contributed by atoms with Gasteiger partial charge >= 0.3 is 0 Å². The Hall–Kier alpha value is -4.08. The molecule has 1 aliphatic carbocycles. The van der Waals surface area contributed by atoms with Crippen molar-refractivity contribution in [2.75, 3.05) is 38.6 Å². The number of piperidine rings is 1. The summed E-state index contributed by atoms with van der Waals surface area (Å²) in [5, 5.41) is 13.9. The zero-order valence-electron chi connectivity index (χ0n) is 24.3. The van der Waals surface area contributed by atoms with Crippen LogP contribution in [0.4, 0.5) is 5.69 Å². The number of aliphatic imine (C=N–C) groups is 1. The number of imide groups is 1. The van der Waals surface area contributed by atoms with E-state index in [2.05, 4.69) is 15.2 Å². The summed E-state index contributed by atoms with van der Waals surface area (Å²) in [6, 6.07) is 9.35. The van der Waals surface area contributed by atoms with Gasteiger partial charge in [-0.1, -0.05) is 23.8 Å². The number of carbonyl (C=O) groups excluding carboxylic acids is 3. The number of nitrogens with one attached hydrogen (secondary N) is 1. The van der Waals surface area contributed by atoms with E-state index in [1.54, 1.807) is 24.3 Å². The first-order valence-electron chi connectivity index (χ1n) is 14.6. The zero-order valence-corrected chi connectivity index (χ0v) is 24.3. The van der Waals surface area contributed by atoms with E-state index in [1.165, 1.54) is 4.90 Å². The highest BCUT2D eigenvalue weighted by atomic mass is 16.5. The number of likely N-dealkylation sites (tertiary alicyclic amines) is 1. The van der Waals surface area contributed by atoms with Gasteiger partial charge in [0.2, 0.25) is 0 Å². The van der Waals surface area contributed by atoms with Crippen LogP contribution in [0.5, 0.6) is 5.75 Å². The number of ketones is 1. The van der Waals surface area contributed by atoms with E-state index >= 15 is 0 Å². The van der Waals surface area contributed by atoms with Gasteiger partial charge < -0.3 is 20.1 Å². The summed E-state index contributed by atoms with van der Waals surface area (Å²) >= 11 is 0. The topological polar surface area (TPSA) is 112 Å². The highest BCUT2D eigenvalue weighted by Gasteiger charge is 2.42. The van der Waals surface area contributed by atoms with Crippen molar-refractivity contribution < 1.29 is 24.2 Å². The summed E-state index contributed by atoms with van der Waals surface area (Å²) in [5.41, 5.74) is 6.24. The van der Waals surface area contributed by atoms with Gasteiger partial charge in [0.15, 0.2) is 5.78 Å². The van der Waals surface area contributed by atoms with E-state index < -0.39 is 6.10 Å². The number of anilines is 1. The molecule has 1 fully saturated rings. The average molecular weight is 569 g/mol. The molecule has 2 aromatic carbocycles. The van der Waals surface area contributed by atoms with E-state index in [1.807, 2.05) is 39.1 Å². The van der Waals surface area contributed by atoms with E-state index in [-0.39, 0.29) is 43.2 Å². The molecule has 2 aromatic rings. The van der Waals surface area contributed by atoms with Gasteiger partial charge in [-0.25, -0.2) is 0 Å². The number of allylic oxidation sites excluding steroid dienone is 4. The molecule has 1 saturated heterocycles. The van der Waals surface area contributed by atoms with Gasteiger partial charge in [0.1, 0.15) is 18.5 Å². The number of fused-ring (bicyclic) bond motifs is 2. The second kappa shape index (κ2) is 11.3. The molecule has 218 valence electrons. The monoisotopic (exact) mass is 568 g/mol. The van der Waals surface area contributed by atoms with Crippen molar-refractivity contribution in [3.8, 4) is 5.75 Å². The van der Waals surface area contributed by atoms with Crippen LogP contribution in [0.2, 0.25) is 0 Å². The number of hydrogen-bond acceptors (Lipinski definition) is 8. The van der Waals surface area contributed by atoms with Crippen molar-refractivity contribution >= 4 is 29.0 Å². The smallest absolute Gasteiger partial charge is 0.261 e. The number of aliphatic hydroxyl groups excluding tert-OH is 1. The number of carbonyl (C=O) groups is 3. The quantitative estimate of drug-likeness (QED) is 0.404.